The Bertz CT molecular complexity index is 3180. The SMILES string of the molecule is CCN(Cc1ccccc1)c1ccc(C(=O)NCCOc2ccccc2)c(-c2cc(O)c(OC)c(OC)c2)n1.CCN(Cc1ccccc1)c1ccc(C(=O)NCCOc2ccccc2)c(-c2cc(OC)c(OC)c(OC)c2)n1. The van der Waals surface area contributed by atoms with Gasteiger partial charge in [0, 0.05) is 37.3 Å². The van der Waals surface area contributed by atoms with E-state index in [1.807, 2.05) is 115 Å². The van der Waals surface area contributed by atoms with Crippen LogP contribution in [-0.2, 0) is 13.1 Å². The van der Waals surface area contributed by atoms with Gasteiger partial charge in [-0.05, 0) is 97.8 Å². The molecule has 0 saturated heterocycles. The van der Waals surface area contributed by atoms with Crippen molar-refractivity contribution in [2.75, 3.05) is 84.7 Å². The molecule has 3 N–H and O–H groups in total. The topological polar surface area (TPSA) is 175 Å². The first-order valence-electron chi connectivity index (χ1n) is 25.9. The first-order chi connectivity index (χ1) is 38.6. The number of hydrogen-bond acceptors (Lipinski definition) is 14. The van der Waals surface area contributed by atoms with Crippen LogP contribution in [0, 0.1) is 0 Å². The van der Waals surface area contributed by atoms with Gasteiger partial charge in [0.25, 0.3) is 11.8 Å². The quantitative estimate of drug-likeness (QED) is 0.0461. The number of nitrogens with zero attached hydrogens (tertiary/aromatic N) is 4. The highest BCUT2D eigenvalue weighted by Gasteiger charge is 2.23. The number of nitrogens with one attached hydrogen (secondary N) is 2. The molecule has 410 valence electrons. The van der Waals surface area contributed by atoms with Crippen molar-refractivity contribution in [2.24, 2.45) is 0 Å². The molecule has 0 aliphatic rings. The van der Waals surface area contributed by atoms with Crippen LogP contribution < -0.4 is 53.6 Å². The summed E-state index contributed by atoms with van der Waals surface area (Å²) < 4.78 is 38.8. The lowest BCUT2D eigenvalue weighted by Crippen LogP contribution is -2.29. The molecule has 16 heteroatoms. The van der Waals surface area contributed by atoms with Gasteiger partial charge in [-0.25, -0.2) is 9.97 Å². The fourth-order valence-electron chi connectivity index (χ4n) is 8.56. The number of benzene rings is 6. The van der Waals surface area contributed by atoms with Crippen LogP contribution in [0.3, 0.4) is 0 Å². The van der Waals surface area contributed by atoms with Gasteiger partial charge in [-0.15, -0.1) is 0 Å². The molecule has 0 fully saturated rings. The molecule has 0 aliphatic carbocycles. The molecule has 8 aromatic rings. The molecular formula is C63H68N6O10. The number of para-hydroxylation sites is 2. The van der Waals surface area contributed by atoms with Crippen LogP contribution in [-0.4, -0.2) is 102 Å². The van der Waals surface area contributed by atoms with E-state index in [0.717, 1.165) is 29.4 Å². The van der Waals surface area contributed by atoms with Crippen LogP contribution in [0.5, 0.6) is 46.0 Å². The zero-order chi connectivity index (χ0) is 55.9. The van der Waals surface area contributed by atoms with E-state index < -0.39 is 0 Å². The number of aromatic nitrogens is 2. The van der Waals surface area contributed by atoms with E-state index >= 15 is 0 Å². The normalized spacial score (nSPS) is 10.5. The van der Waals surface area contributed by atoms with E-state index in [2.05, 4.69) is 58.5 Å². The molecule has 0 atom stereocenters. The van der Waals surface area contributed by atoms with E-state index in [9.17, 15) is 14.7 Å². The average Bonchev–Trinajstić information content (AvgIpc) is 3.56. The third kappa shape index (κ3) is 15.4. The number of carbonyl (C=O) groups is 2. The number of amides is 2. The first-order valence-corrected chi connectivity index (χ1v) is 25.9. The number of carbonyl (C=O) groups excluding carboxylic acids is 2. The van der Waals surface area contributed by atoms with Crippen molar-refractivity contribution in [3.05, 3.63) is 192 Å². The maximum Gasteiger partial charge on any atom is 0.253 e. The molecule has 2 amide bonds. The molecular weight excluding hydrogens is 1000 g/mol. The molecule has 2 heterocycles. The number of anilines is 2. The van der Waals surface area contributed by atoms with E-state index in [4.69, 9.17) is 43.1 Å². The second-order valence-corrected chi connectivity index (χ2v) is 17.6. The average molecular weight is 1070 g/mol. The Morgan fingerprint density at radius 2 is 0.835 bits per heavy atom. The lowest BCUT2D eigenvalue weighted by molar-refractivity contribution is 0.0939. The lowest BCUT2D eigenvalue weighted by Gasteiger charge is -2.24. The Morgan fingerprint density at radius 1 is 0.468 bits per heavy atom. The fourth-order valence-corrected chi connectivity index (χ4v) is 8.56. The first kappa shape index (κ1) is 57.3. The summed E-state index contributed by atoms with van der Waals surface area (Å²) in [5.74, 6) is 4.22. The van der Waals surface area contributed by atoms with E-state index in [1.165, 1.54) is 25.8 Å². The predicted octanol–water partition coefficient (Wildman–Crippen LogP) is 10.9. The van der Waals surface area contributed by atoms with Crippen molar-refractivity contribution >= 4 is 23.5 Å². The largest absolute Gasteiger partial charge is 0.504 e. The number of rotatable bonds is 25. The highest BCUT2D eigenvalue weighted by atomic mass is 16.5. The number of phenolic OH excluding ortho intramolecular Hbond substituents is 1. The number of hydrogen-bond donors (Lipinski definition) is 3. The smallest absolute Gasteiger partial charge is 0.253 e. The Morgan fingerprint density at radius 3 is 1.20 bits per heavy atom. The van der Waals surface area contributed by atoms with Crippen LogP contribution in [0.25, 0.3) is 22.5 Å². The molecule has 16 nitrogen and oxygen atoms in total. The zero-order valence-corrected chi connectivity index (χ0v) is 45.7. The van der Waals surface area contributed by atoms with Crippen LogP contribution in [0.1, 0.15) is 45.7 Å². The van der Waals surface area contributed by atoms with Crippen LogP contribution in [0.2, 0.25) is 0 Å². The van der Waals surface area contributed by atoms with Gasteiger partial charge in [0.2, 0.25) is 11.5 Å². The molecule has 0 radical (unpaired) electrons. The summed E-state index contributed by atoms with van der Waals surface area (Å²) >= 11 is 0. The van der Waals surface area contributed by atoms with Gasteiger partial charge in [0.15, 0.2) is 23.0 Å². The summed E-state index contributed by atoms with van der Waals surface area (Å²) in [5.41, 5.74) is 5.20. The molecule has 0 unspecified atom stereocenters. The van der Waals surface area contributed by atoms with Crippen molar-refractivity contribution in [1.82, 2.24) is 20.6 Å². The van der Waals surface area contributed by atoms with Gasteiger partial charge in [0.1, 0.15) is 36.3 Å². The molecule has 0 bridgehead atoms. The minimum Gasteiger partial charge on any atom is -0.504 e. The van der Waals surface area contributed by atoms with E-state index in [0.29, 0.717) is 108 Å². The maximum absolute atomic E-state index is 13.4. The maximum atomic E-state index is 13.4. The summed E-state index contributed by atoms with van der Waals surface area (Å²) in [6.07, 6.45) is 0. The molecule has 8 rings (SSSR count). The second-order valence-electron chi connectivity index (χ2n) is 17.6. The number of pyridine rings is 2. The molecule has 2 aromatic heterocycles. The van der Waals surface area contributed by atoms with Crippen molar-refractivity contribution in [2.45, 2.75) is 26.9 Å². The van der Waals surface area contributed by atoms with Gasteiger partial charge in [-0.1, -0.05) is 97.1 Å². The summed E-state index contributed by atoms with van der Waals surface area (Å²) in [7, 11) is 7.62. The predicted molar refractivity (Wildman–Crippen MR) is 309 cm³/mol. The summed E-state index contributed by atoms with van der Waals surface area (Å²) in [6, 6.07) is 53.4. The monoisotopic (exact) mass is 1070 g/mol. The van der Waals surface area contributed by atoms with E-state index in [1.54, 1.807) is 45.6 Å². The Labute approximate surface area is 462 Å². The third-order valence-corrected chi connectivity index (χ3v) is 12.6. The summed E-state index contributed by atoms with van der Waals surface area (Å²) in [5, 5.41) is 16.5. The summed E-state index contributed by atoms with van der Waals surface area (Å²) in [6.45, 7) is 8.21. The van der Waals surface area contributed by atoms with Gasteiger partial charge in [-0.2, -0.15) is 0 Å². The van der Waals surface area contributed by atoms with Gasteiger partial charge in [0.05, 0.1) is 71.2 Å². The number of aromatic hydroxyl groups is 1. The molecule has 6 aromatic carbocycles. The van der Waals surface area contributed by atoms with Crippen LogP contribution >= 0.6 is 0 Å². The van der Waals surface area contributed by atoms with Crippen molar-refractivity contribution < 1.29 is 47.9 Å². The molecule has 0 saturated carbocycles. The zero-order valence-electron chi connectivity index (χ0n) is 45.7. The number of ether oxygens (including phenoxy) is 7. The third-order valence-electron chi connectivity index (χ3n) is 12.6. The Hall–Kier alpha value is -9.44. The number of phenols is 1. The molecule has 0 spiro atoms. The Kier molecular flexibility index (Phi) is 21.2. The highest BCUT2D eigenvalue weighted by molar-refractivity contribution is 6.01. The van der Waals surface area contributed by atoms with Crippen LogP contribution in [0.15, 0.2) is 170 Å². The minimum atomic E-state index is -0.305. The molecule has 0 aliphatic heterocycles. The fraction of sp³-hybridized carbons (Fsp3) is 0.238. The van der Waals surface area contributed by atoms with Crippen LogP contribution in [0.4, 0.5) is 11.6 Å². The van der Waals surface area contributed by atoms with Gasteiger partial charge in [-0.3, -0.25) is 9.59 Å². The number of methoxy groups -OCH3 is 5. The van der Waals surface area contributed by atoms with Gasteiger partial charge >= 0.3 is 0 Å². The summed E-state index contributed by atoms with van der Waals surface area (Å²) in [4.78, 5) is 40.9. The highest BCUT2D eigenvalue weighted by Crippen LogP contribution is 2.43. The van der Waals surface area contributed by atoms with E-state index in [-0.39, 0.29) is 23.3 Å². The minimum absolute atomic E-state index is 0.113. The standard InChI is InChI=1S/C32H35N3O5.C31H33N3O5/c1-5-35(22-23-12-8-6-9-13-23)29-17-16-26(32(36)33-18-19-40-25-14-10-7-11-15-25)30(34-29)24-20-27(37-2)31(39-4)28(21-24)38-3;1-4-34(21-22-11-7-5-8-12-22)28-16-15-25(31(36)32-17-18-39-24-13-9-6-10-14-24)29(33-28)23-19-26(35)30(38-3)27(20-23)37-2/h6-17,20-21H,5,18-19,22H2,1-4H3,(H,33,36);5-16,19-20,35H,4,17-18,21H2,1-3H3,(H,32,36). The van der Waals surface area contributed by atoms with Crippen molar-refractivity contribution in [1.29, 1.82) is 0 Å². The second kappa shape index (κ2) is 29.2. The lowest BCUT2D eigenvalue weighted by atomic mass is 10.0. The Balaban J connectivity index is 0.000000229. The van der Waals surface area contributed by atoms with Crippen molar-refractivity contribution in [3.8, 4) is 68.5 Å². The molecule has 79 heavy (non-hydrogen) atoms. The van der Waals surface area contributed by atoms with Gasteiger partial charge < -0.3 is 58.7 Å². The van der Waals surface area contributed by atoms with Crippen molar-refractivity contribution in [3.63, 3.8) is 0 Å².